The van der Waals surface area contributed by atoms with Gasteiger partial charge in [-0.15, -0.1) is 21.5 Å². The van der Waals surface area contributed by atoms with Gasteiger partial charge in [-0.1, -0.05) is 11.6 Å². The van der Waals surface area contributed by atoms with Crippen LogP contribution in [-0.4, -0.2) is 40.8 Å². The number of rotatable bonds is 5. The van der Waals surface area contributed by atoms with Crippen molar-refractivity contribution in [2.75, 3.05) is 25.1 Å². The Bertz CT molecular complexity index is 1150. The van der Waals surface area contributed by atoms with Crippen molar-refractivity contribution in [3.63, 3.8) is 0 Å². The van der Waals surface area contributed by atoms with Crippen LogP contribution in [0.4, 0.5) is 10.2 Å². The van der Waals surface area contributed by atoms with E-state index in [2.05, 4.69) is 20.9 Å². The summed E-state index contributed by atoms with van der Waals surface area (Å²) >= 11 is 7.87. The maximum atomic E-state index is 13.5. The number of nitrogens with one attached hydrogen (secondary N) is 1. The van der Waals surface area contributed by atoms with Gasteiger partial charge < -0.3 is 15.0 Å². The highest BCUT2D eigenvalue weighted by molar-refractivity contribution is 7.10. The van der Waals surface area contributed by atoms with Crippen molar-refractivity contribution in [1.82, 2.24) is 15.1 Å². The number of anilines is 1. The molecule has 1 aromatic carbocycles. The molecule has 0 spiro atoms. The lowest BCUT2D eigenvalue weighted by molar-refractivity contribution is -0.139. The molecule has 1 saturated heterocycles. The largest absolute Gasteiger partial charge is 0.381 e. The molecule has 33 heavy (non-hydrogen) atoms. The molecule has 1 fully saturated rings. The fourth-order valence-corrected chi connectivity index (χ4v) is 5.71. The highest BCUT2D eigenvalue weighted by Gasteiger charge is 2.30. The molecule has 3 aromatic rings. The minimum absolute atomic E-state index is 0.102. The molecule has 0 atom stereocenters. The lowest BCUT2D eigenvalue weighted by Crippen LogP contribution is -2.41. The van der Waals surface area contributed by atoms with Gasteiger partial charge in [0, 0.05) is 42.7 Å². The molecule has 1 amide bonds. The summed E-state index contributed by atoms with van der Waals surface area (Å²) in [5, 5.41) is 14.3. The van der Waals surface area contributed by atoms with Crippen molar-refractivity contribution in [3.05, 3.63) is 62.6 Å². The number of benzene rings is 1. The van der Waals surface area contributed by atoms with E-state index in [1.54, 1.807) is 17.4 Å². The van der Waals surface area contributed by atoms with E-state index in [9.17, 15) is 9.18 Å². The monoisotopic (exact) mass is 486 g/mol. The van der Waals surface area contributed by atoms with Gasteiger partial charge in [-0.3, -0.25) is 4.79 Å². The second-order valence-corrected chi connectivity index (χ2v) is 9.71. The summed E-state index contributed by atoms with van der Waals surface area (Å²) in [6, 6.07) is 7.78. The predicted molar refractivity (Wildman–Crippen MR) is 127 cm³/mol. The molecule has 2 aliphatic heterocycles. The number of carbonyl (C=O) groups excluding carboxylic acids is 1. The second-order valence-electron chi connectivity index (χ2n) is 8.34. The van der Waals surface area contributed by atoms with E-state index >= 15 is 0 Å². The highest BCUT2D eigenvalue weighted by Crippen LogP contribution is 2.31. The molecule has 2 aliphatic rings. The number of nitrogens with zero attached hydrogens (tertiary/aromatic N) is 3. The molecule has 0 aliphatic carbocycles. The molecule has 4 heterocycles. The number of hydrogen-bond acceptors (Lipinski definition) is 6. The van der Waals surface area contributed by atoms with E-state index < -0.39 is 0 Å². The van der Waals surface area contributed by atoms with Crippen LogP contribution in [0.15, 0.2) is 35.7 Å². The molecule has 2 aromatic heterocycles. The number of hydrogen-bond donors (Lipinski definition) is 1. The van der Waals surface area contributed by atoms with Crippen LogP contribution in [0.3, 0.4) is 0 Å². The number of ether oxygens (including phenoxy) is 1. The van der Waals surface area contributed by atoms with Crippen molar-refractivity contribution < 1.29 is 13.9 Å². The van der Waals surface area contributed by atoms with E-state index in [-0.39, 0.29) is 17.6 Å². The van der Waals surface area contributed by atoms with E-state index in [0.717, 1.165) is 25.8 Å². The average Bonchev–Trinajstić information content (AvgIpc) is 3.27. The summed E-state index contributed by atoms with van der Waals surface area (Å²) in [5.74, 6) is 0.642. The summed E-state index contributed by atoms with van der Waals surface area (Å²) < 4.78 is 18.9. The minimum atomic E-state index is -0.367. The van der Waals surface area contributed by atoms with E-state index in [1.165, 1.54) is 34.2 Å². The maximum absolute atomic E-state index is 13.5. The van der Waals surface area contributed by atoms with Gasteiger partial charge in [0.25, 0.3) is 0 Å². The summed E-state index contributed by atoms with van der Waals surface area (Å²) in [4.78, 5) is 16.1. The molecule has 0 unspecified atom stereocenters. The quantitative estimate of drug-likeness (QED) is 0.554. The van der Waals surface area contributed by atoms with Crippen LogP contribution in [0.5, 0.6) is 0 Å². The summed E-state index contributed by atoms with van der Waals surface area (Å²) in [7, 11) is 0. The first-order chi connectivity index (χ1) is 16.1. The standard InChI is InChI=1S/C24H24ClFN4O2S/c25-20-2-1-17(26)11-19(20)21-3-4-23(29-28-21)27-12-16-14-33-22-13-30(8-5-18(16)22)24(31)15-6-9-32-10-7-15/h1-4,11,14-15H,5-10,12-13H2,(H,27,29). The van der Waals surface area contributed by atoms with Crippen molar-refractivity contribution in [2.24, 2.45) is 5.92 Å². The van der Waals surface area contributed by atoms with Crippen molar-refractivity contribution >= 4 is 34.7 Å². The number of fused-ring (bicyclic) bond motifs is 1. The molecular formula is C24H24ClFN4O2S. The molecule has 0 saturated carbocycles. The molecule has 0 radical (unpaired) electrons. The summed E-state index contributed by atoms with van der Waals surface area (Å²) in [6.07, 6.45) is 2.52. The SMILES string of the molecule is O=C(C1CCOCC1)N1CCc2c(CNc3ccc(-c4cc(F)ccc4Cl)nn3)csc2C1. The molecule has 0 bridgehead atoms. The molecule has 9 heteroatoms. The van der Waals surface area contributed by atoms with E-state index in [0.29, 0.717) is 48.4 Å². The van der Waals surface area contributed by atoms with Crippen LogP contribution in [0, 0.1) is 11.7 Å². The Balaban J connectivity index is 1.21. The molecule has 5 rings (SSSR count). The van der Waals surface area contributed by atoms with Gasteiger partial charge in [0.05, 0.1) is 17.3 Å². The van der Waals surface area contributed by atoms with Crippen LogP contribution < -0.4 is 5.32 Å². The normalized spacial score (nSPS) is 16.5. The molecular weight excluding hydrogens is 463 g/mol. The van der Waals surface area contributed by atoms with Crippen LogP contribution in [0.2, 0.25) is 5.02 Å². The molecule has 6 nitrogen and oxygen atoms in total. The van der Waals surface area contributed by atoms with Gasteiger partial charge in [-0.05, 0) is 66.1 Å². The van der Waals surface area contributed by atoms with Crippen LogP contribution in [0.1, 0.15) is 28.8 Å². The van der Waals surface area contributed by atoms with Crippen LogP contribution in [0.25, 0.3) is 11.3 Å². The smallest absolute Gasteiger partial charge is 0.226 e. The summed E-state index contributed by atoms with van der Waals surface area (Å²) in [6.45, 7) is 3.45. The van der Waals surface area contributed by atoms with Crippen LogP contribution >= 0.6 is 22.9 Å². The highest BCUT2D eigenvalue weighted by atomic mass is 35.5. The maximum Gasteiger partial charge on any atom is 0.226 e. The van der Waals surface area contributed by atoms with E-state index in [1.807, 2.05) is 11.0 Å². The Morgan fingerprint density at radius 3 is 2.88 bits per heavy atom. The number of aromatic nitrogens is 2. The first-order valence-corrected chi connectivity index (χ1v) is 12.3. The number of carbonyl (C=O) groups is 1. The topological polar surface area (TPSA) is 67.3 Å². The molecule has 1 N–H and O–H groups in total. The fraction of sp³-hybridized carbons (Fsp3) is 0.375. The third-order valence-electron chi connectivity index (χ3n) is 6.24. The van der Waals surface area contributed by atoms with Gasteiger partial charge in [-0.25, -0.2) is 4.39 Å². The zero-order chi connectivity index (χ0) is 22.8. The fourth-order valence-electron chi connectivity index (χ4n) is 4.38. The van der Waals surface area contributed by atoms with Crippen molar-refractivity contribution in [2.45, 2.75) is 32.4 Å². The van der Waals surface area contributed by atoms with Crippen molar-refractivity contribution in [3.8, 4) is 11.3 Å². The van der Waals surface area contributed by atoms with E-state index in [4.69, 9.17) is 16.3 Å². The Labute approximate surface area is 200 Å². The van der Waals surface area contributed by atoms with Gasteiger partial charge in [0.2, 0.25) is 5.91 Å². The Morgan fingerprint density at radius 1 is 1.24 bits per heavy atom. The number of halogens is 2. The molecule has 172 valence electrons. The van der Waals surface area contributed by atoms with Gasteiger partial charge in [0.15, 0.2) is 0 Å². The first kappa shape index (κ1) is 22.3. The minimum Gasteiger partial charge on any atom is -0.381 e. The Hall–Kier alpha value is -2.55. The Kier molecular flexibility index (Phi) is 6.57. The zero-order valence-corrected chi connectivity index (χ0v) is 19.6. The average molecular weight is 487 g/mol. The predicted octanol–water partition coefficient (Wildman–Crippen LogP) is 4.92. The van der Waals surface area contributed by atoms with Gasteiger partial charge in [-0.2, -0.15) is 0 Å². The number of amides is 1. The van der Waals surface area contributed by atoms with Crippen molar-refractivity contribution in [1.29, 1.82) is 0 Å². The number of thiophene rings is 1. The third kappa shape index (κ3) is 4.88. The van der Waals surface area contributed by atoms with Gasteiger partial charge in [0.1, 0.15) is 11.6 Å². The van der Waals surface area contributed by atoms with Crippen LogP contribution in [-0.2, 0) is 29.0 Å². The lowest BCUT2D eigenvalue weighted by Gasteiger charge is -2.32. The summed E-state index contributed by atoms with van der Waals surface area (Å²) in [5.41, 5.74) is 3.60. The zero-order valence-electron chi connectivity index (χ0n) is 18.0. The third-order valence-corrected chi connectivity index (χ3v) is 7.64. The van der Waals surface area contributed by atoms with Gasteiger partial charge >= 0.3 is 0 Å². The first-order valence-electron chi connectivity index (χ1n) is 11.1. The Morgan fingerprint density at radius 2 is 2.09 bits per heavy atom. The second kappa shape index (κ2) is 9.75. The lowest BCUT2D eigenvalue weighted by atomic mass is 9.96.